The van der Waals surface area contributed by atoms with Crippen LogP contribution in [0.15, 0.2) is 107 Å². The molecule has 0 bridgehead atoms. The summed E-state index contributed by atoms with van der Waals surface area (Å²) in [6, 6.07) is 22.9. The van der Waals surface area contributed by atoms with E-state index < -0.39 is 5.79 Å². The number of allylic oxidation sites excluding steroid dienone is 1. The molecule has 1 saturated carbocycles. The van der Waals surface area contributed by atoms with Crippen molar-refractivity contribution in [2.75, 3.05) is 26.9 Å². The number of benzene rings is 3. The highest BCUT2D eigenvalue weighted by Crippen LogP contribution is 2.63. The topological polar surface area (TPSA) is 89.7 Å². The zero-order chi connectivity index (χ0) is 34.9. The number of thioether (sulfide) groups is 1. The number of rotatable bonds is 17. The Kier molecular flexibility index (Phi) is 12.3. The van der Waals surface area contributed by atoms with Gasteiger partial charge in [-0.3, -0.25) is 0 Å². The van der Waals surface area contributed by atoms with Crippen molar-refractivity contribution in [2.45, 2.75) is 73.4 Å². The molecule has 0 saturated heterocycles. The molecule has 0 spiro atoms. The summed E-state index contributed by atoms with van der Waals surface area (Å²) >= 11 is 1.72. The summed E-state index contributed by atoms with van der Waals surface area (Å²) in [6.45, 7) is 4.68. The van der Waals surface area contributed by atoms with Gasteiger partial charge in [0.1, 0.15) is 31.0 Å². The van der Waals surface area contributed by atoms with E-state index in [1.54, 1.807) is 43.1 Å². The number of unbranched alkanes of at least 4 members (excludes halogenated alkanes) is 2. The van der Waals surface area contributed by atoms with Gasteiger partial charge in [-0.05, 0) is 79.5 Å². The molecule has 1 fully saturated rings. The standard InChI is InChI=1S/C41H48FNO6S/c1-3-23-48-41-38(50-31-15-5-4-6-16-31)26-36(43-46-2)33-24-28(13-9-11-21-44)32(17-10-12-22-45)39(40(33)41)34-25-30(19-20-37(34)49-41)47-27-29-14-7-8-18-35(29)42/h3-8,14-16,18-20,24-25,28,32,38-40,44-45H,1,9-13,17,21-23,26-27H2,2H3. The van der Waals surface area contributed by atoms with E-state index in [0.29, 0.717) is 30.8 Å². The third kappa shape index (κ3) is 7.66. The van der Waals surface area contributed by atoms with E-state index in [2.05, 4.69) is 36.0 Å². The van der Waals surface area contributed by atoms with Crippen LogP contribution in [0.25, 0.3) is 0 Å². The second-order valence-electron chi connectivity index (χ2n) is 13.2. The molecule has 1 heterocycles. The molecule has 7 nitrogen and oxygen atoms in total. The van der Waals surface area contributed by atoms with E-state index in [4.69, 9.17) is 19.0 Å². The van der Waals surface area contributed by atoms with Gasteiger partial charge in [-0.25, -0.2) is 4.39 Å². The molecule has 266 valence electrons. The molecular weight excluding hydrogens is 654 g/mol. The summed E-state index contributed by atoms with van der Waals surface area (Å²) in [6.07, 6.45) is 9.70. The first-order valence-corrected chi connectivity index (χ1v) is 18.6. The molecule has 6 atom stereocenters. The first-order chi connectivity index (χ1) is 24.5. The quantitative estimate of drug-likeness (QED) is 0.0830. The van der Waals surface area contributed by atoms with Crippen LogP contribution >= 0.6 is 11.8 Å². The van der Waals surface area contributed by atoms with Gasteiger partial charge in [-0.2, -0.15) is 0 Å². The number of ether oxygens (including phenoxy) is 3. The Morgan fingerprint density at radius 2 is 1.76 bits per heavy atom. The van der Waals surface area contributed by atoms with Gasteiger partial charge in [0.2, 0.25) is 5.79 Å². The van der Waals surface area contributed by atoms with E-state index in [9.17, 15) is 14.6 Å². The third-order valence-electron chi connectivity index (χ3n) is 10.2. The molecule has 0 aromatic heterocycles. The molecule has 3 aromatic carbocycles. The van der Waals surface area contributed by atoms with Gasteiger partial charge in [-0.15, -0.1) is 18.3 Å². The molecular formula is C41H48FNO6S. The number of halogens is 1. The van der Waals surface area contributed by atoms with Crippen molar-refractivity contribution in [3.63, 3.8) is 0 Å². The first kappa shape index (κ1) is 36.2. The van der Waals surface area contributed by atoms with Crippen molar-refractivity contribution < 1.29 is 33.7 Å². The van der Waals surface area contributed by atoms with Gasteiger partial charge in [0.05, 0.1) is 23.5 Å². The lowest BCUT2D eigenvalue weighted by Crippen LogP contribution is -2.64. The van der Waals surface area contributed by atoms with Gasteiger partial charge in [0.25, 0.3) is 0 Å². The Morgan fingerprint density at radius 3 is 2.50 bits per heavy atom. The minimum atomic E-state index is -1.06. The molecule has 9 heteroatoms. The largest absolute Gasteiger partial charge is 0.489 e. The maximum Gasteiger partial charge on any atom is 0.231 e. The van der Waals surface area contributed by atoms with Crippen molar-refractivity contribution >= 4 is 17.5 Å². The fourth-order valence-corrected chi connectivity index (χ4v) is 9.38. The molecule has 2 aliphatic carbocycles. The van der Waals surface area contributed by atoms with Crippen molar-refractivity contribution in [1.29, 1.82) is 0 Å². The minimum Gasteiger partial charge on any atom is -0.489 e. The van der Waals surface area contributed by atoms with E-state index in [1.165, 1.54) is 6.07 Å². The molecule has 2 N–H and O–H groups in total. The lowest BCUT2D eigenvalue weighted by molar-refractivity contribution is -0.223. The predicted molar refractivity (Wildman–Crippen MR) is 195 cm³/mol. The molecule has 50 heavy (non-hydrogen) atoms. The monoisotopic (exact) mass is 701 g/mol. The lowest BCUT2D eigenvalue weighted by Gasteiger charge is -2.58. The van der Waals surface area contributed by atoms with Crippen LogP contribution in [0.5, 0.6) is 11.5 Å². The number of aliphatic hydroxyl groups excluding tert-OH is 2. The Balaban J connectivity index is 1.51. The fourth-order valence-electron chi connectivity index (χ4n) is 8.06. The zero-order valence-corrected chi connectivity index (χ0v) is 29.5. The normalized spacial score (nSPS) is 26.0. The SMILES string of the molecule is C=CCOC12Oc3ccc(OCc4ccccc4F)cc3C3C(CCCCO)C(CCCCO)C=C(C(=NOC)CC1Sc1ccccc1)C32. The van der Waals surface area contributed by atoms with E-state index in [0.717, 1.165) is 59.6 Å². The number of nitrogens with zero attached hydrogens (tertiary/aromatic N) is 1. The highest BCUT2D eigenvalue weighted by atomic mass is 32.2. The second kappa shape index (κ2) is 17.1. The predicted octanol–water partition coefficient (Wildman–Crippen LogP) is 8.46. The van der Waals surface area contributed by atoms with Gasteiger partial charge in [0, 0.05) is 41.6 Å². The summed E-state index contributed by atoms with van der Waals surface area (Å²) in [5, 5.41) is 24.0. The second-order valence-corrected chi connectivity index (χ2v) is 14.5. The first-order valence-electron chi connectivity index (χ1n) is 17.7. The summed E-state index contributed by atoms with van der Waals surface area (Å²) in [7, 11) is 1.59. The van der Waals surface area contributed by atoms with E-state index >= 15 is 0 Å². The molecule has 0 radical (unpaired) electrons. The van der Waals surface area contributed by atoms with Crippen LogP contribution in [0, 0.1) is 23.6 Å². The Hall–Kier alpha value is -3.63. The van der Waals surface area contributed by atoms with Crippen LogP contribution in [0.3, 0.4) is 0 Å². The molecule has 1 aliphatic heterocycles. The average Bonchev–Trinajstić information content (AvgIpc) is 3.13. The summed E-state index contributed by atoms with van der Waals surface area (Å²) in [5.74, 6) is 0.0663. The zero-order valence-electron chi connectivity index (χ0n) is 28.7. The maximum absolute atomic E-state index is 14.5. The highest BCUT2D eigenvalue weighted by Gasteiger charge is 2.64. The van der Waals surface area contributed by atoms with Crippen LogP contribution in [0.1, 0.15) is 62.0 Å². The molecule has 6 unspecified atom stereocenters. The smallest absolute Gasteiger partial charge is 0.231 e. The number of oxime groups is 1. The average molecular weight is 702 g/mol. The van der Waals surface area contributed by atoms with Crippen molar-refractivity contribution in [2.24, 2.45) is 22.9 Å². The highest BCUT2D eigenvalue weighted by molar-refractivity contribution is 8.00. The van der Waals surface area contributed by atoms with Crippen molar-refractivity contribution in [3.8, 4) is 11.5 Å². The van der Waals surface area contributed by atoms with Gasteiger partial charge >= 0.3 is 0 Å². The third-order valence-corrected chi connectivity index (χ3v) is 11.5. The van der Waals surface area contributed by atoms with E-state index in [-0.39, 0.29) is 54.6 Å². The lowest BCUT2D eigenvalue weighted by atomic mass is 9.56. The minimum absolute atomic E-state index is 0.0559. The summed E-state index contributed by atoms with van der Waals surface area (Å²) < 4.78 is 34.9. The molecule has 0 amide bonds. The molecule has 3 aliphatic rings. The fraction of sp³-hybridized carbons (Fsp3) is 0.439. The Labute approximate surface area is 299 Å². The van der Waals surface area contributed by atoms with Crippen LogP contribution in [-0.4, -0.2) is 53.9 Å². The number of aliphatic hydroxyl groups is 2. The van der Waals surface area contributed by atoms with Crippen LogP contribution in [0.2, 0.25) is 0 Å². The maximum atomic E-state index is 14.5. The van der Waals surface area contributed by atoms with Crippen LogP contribution in [-0.2, 0) is 16.2 Å². The van der Waals surface area contributed by atoms with Crippen LogP contribution in [0.4, 0.5) is 4.39 Å². The van der Waals surface area contributed by atoms with Crippen molar-refractivity contribution in [3.05, 3.63) is 114 Å². The number of fused-ring (bicyclic) bond motifs is 2. The van der Waals surface area contributed by atoms with Crippen LogP contribution < -0.4 is 9.47 Å². The number of hydrogen-bond acceptors (Lipinski definition) is 8. The van der Waals surface area contributed by atoms with E-state index in [1.807, 2.05) is 30.3 Å². The summed E-state index contributed by atoms with van der Waals surface area (Å²) in [4.78, 5) is 6.61. The Bertz CT molecular complexity index is 1650. The van der Waals surface area contributed by atoms with Gasteiger partial charge < -0.3 is 29.3 Å². The Morgan fingerprint density at radius 1 is 1.00 bits per heavy atom. The van der Waals surface area contributed by atoms with Gasteiger partial charge in [0.15, 0.2) is 0 Å². The number of hydrogen-bond donors (Lipinski definition) is 2. The summed E-state index contributed by atoms with van der Waals surface area (Å²) in [5.41, 5.74) is 3.46. The van der Waals surface area contributed by atoms with Gasteiger partial charge in [-0.1, -0.05) is 66.5 Å². The molecule has 3 aromatic rings. The molecule has 6 rings (SSSR count). The van der Waals surface area contributed by atoms with Crippen molar-refractivity contribution in [1.82, 2.24) is 0 Å².